The zero-order valence-corrected chi connectivity index (χ0v) is 9.87. The minimum absolute atomic E-state index is 0.0451. The Kier molecular flexibility index (Phi) is 3.96. The Hall–Kier alpha value is -1.86. The smallest absolute Gasteiger partial charge is 0.251 e. The van der Waals surface area contributed by atoms with Crippen molar-refractivity contribution in [3.8, 4) is 11.8 Å². The van der Waals surface area contributed by atoms with E-state index in [2.05, 4.69) is 17.2 Å². The molecule has 1 aliphatic rings. The summed E-state index contributed by atoms with van der Waals surface area (Å²) in [6.07, 6.45) is 2.31. The highest BCUT2D eigenvalue weighted by Gasteiger charge is 2.23. The van der Waals surface area contributed by atoms with E-state index in [1.54, 1.807) is 6.07 Å². The first-order valence-corrected chi connectivity index (χ1v) is 5.91. The SMILES string of the molecule is O=C(NC1CC1)c1ccc(C#CCCO)c(F)c1. The second-order valence-electron chi connectivity index (χ2n) is 4.22. The topological polar surface area (TPSA) is 49.3 Å². The zero-order valence-electron chi connectivity index (χ0n) is 9.87. The summed E-state index contributed by atoms with van der Waals surface area (Å²) in [7, 11) is 0. The van der Waals surface area contributed by atoms with Gasteiger partial charge in [-0.25, -0.2) is 4.39 Å². The van der Waals surface area contributed by atoms with Gasteiger partial charge in [0.05, 0.1) is 12.2 Å². The molecular weight excluding hydrogens is 233 g/mol. The number of nitrogens with one attached hydrogen (secondary N) is 1. The molecule has 0 saturated heterocycles. The van der Waals surface area contributed by atoms with Crippen LogP contribution in [-0.4, -0.2) is 23.7 Å². The lowest BCUT2D eigenvalue weighted by Crippen LogP contribution is -2.25. The molecule has 1 aromatic carbocycles. The van der Waals surface area contributed by atoms with Gasteiger partial charge in [-0.05, 0) is 31.0 Å². The van der Waals surface area contributed by atoms with Crippen molar-refractivity contribution in [3.63, 3.8) is 0 Å². The van der Waals surface area contributed by atoms with E-state index in [1.165, 1.54) is 12.1 Å². The molecule has 0 heterocycles. The van der Waals surface area contributed by atoms with Gasteiger partial charge in [-0.15, -0.1) is 0 Å². The molecule has 2 rings (SSSR count). The molecule has 2 N–H and O–H groups in total. The van der Waals surface area contributed by atoms with Crippen molar-refractivity contribution in [2.45, 2.75) is 25.3 Å². The van der Waals surface area contributed by atoms with Gasteiger partial charge < -0.3 is 10.4 Å². The van der Waals surface area contributed by atoms with E-state index >= 15 is 0 Å². The maximum atomic E-state index is 13.6. The van der Waals surface area contributed by atoms with Crippen molar-refractivity contribution in [2.24, 2.45) is 0 Å². The molecule has 18 heavy (non-hydrogen) atoms. The Balaban J connectivity index is 2.09. The van der Waals surface area contributed by atoms with E-state index < -0.39 is 5.82 Å². The summed E-state index contributed by atoms with van der Waals surface area (Å²) in [5, 5.41) is 11.4. The van der Waals surface area contributed by atoms with Crippen molar-refractivity contribution in [1.29, 1.82) is 0 Å². The van der Waals surface area contributed by atoms with E-state index in [4.69, 9.17) is 5.11 Å². The number of benzene rings is 1. The fourth-order valence-electron chi connectivity index (χ4n) is 1.47. The zero-order chi connectivity index (χ0) is 13.0. The normalized spacial score (nSPS) is 13.7. The van der Waals surface area contributed by atoms with Gasteiger partial charge in [0.15, 0.2) is 0 Å². The Bertz CT molecular complexity index is 512. The molecule has 0 aliphatic heterocycles. The maximum absolute atomic E-state index is 13.6. The van der Waals surface area contributed by atoms with Gasteiger partial charge in [0.2, 0.25) is 0 Å². The molecule has 0 aromatic heterocycles. The van der Waals surface area contributed by atoms with Crippen molar-refractivity contribution >= 4 is 5.91 Å². The van der Waals surface area contributed by atoms with Crippen molar-refractivity contribution in [2.75, 3.05) is 6.61 Å². The predicted molar refractivity (Wildman–Crippen MR) is 65.5 cm³/mol. The summed E-state index contributed by atoms with van der Waals surface area (Å²) in [5.74, 6) is 4.50. The molecule has 0 unspecified atom stereocenters. The largest absolute Gasteiger partial charge is 0.395 e. The van der Waals surface area contributed by atoms with Crippen LogP contribution in [0.3, 0.4) is 0 Å². The third-order valence-electron chi connectivity index (χ3n) is 2.60. The third-order valence-corrected chi connectivity index (χ3v) is 2.60. The molecule has 1 saturated carbocycles. The van der Waals surface area contributed by atoms with Crippen LogP contribution in [0.4, 0.5) is 4.39 Å². The number of hydrogen-bond donors (Lipinski definition) is 2. The van der Waals surface area contributed by atoms with Gasteiger partial charge >= 0.3 is 0 Å². The lowest BCUT2D eigenvalue weighted by Gasteiger charge is -2.03. The van der Waals surface area contributed by atoms with Crippen LogP contribution in [0.25, 0.3) is 0 Å². The number of amides is 1. The van der Waals surface area contributed by atoms with Crippen molar-refractivity contribution in [3.05, 3.63) is 35.1 Å². The van der Waals surface area contributed by atoms with Crippen molar-refractivity contribution in [1.82, 2.24) is 5.32 Å². The summed E-state index contributed by atoms with van der Waals surface area (Å²) in [4.78, 5) is 11.7. The van der Waals surface area contributed by atoms with E-state index in [0.717, 1.165) is 12.8 Å². The number of carbonyl (C=O) groups is 1. The van der Waals surface area contributed by atoms with Crippen LogP contribution in [0.1, 0.15) is 35.2 Å². The predicted octanol–water partition coefficient (Wildman–Crippen LogP) is 1.45. The number of aliphatic hydroxyl groups excluding tert-OH is 1. The maximum Gasteiger partial charge on any atom is 0.251 e. The Morgan fingerprint density at radius 2 is 2.28 bits per heavy atom. The highest BCUT2D eigenvalue weighted by molar-refractivity contribution is 5.94. The number of aliphatic hydroxyl groups is 1. The average Bonchev–Trinajstić information content (AvgIpc) is 3.15. The summed E-state index contributed by atoms with van der Waals surface area (Å²) < 4.78 is 13.6. The molecule has 4 heteroatoms. The molecule has 1 fully saturated rings. The van der Waals surface area contributed by atoms with Crippen LogP contribution in [0.5, 0.6) is 0 Å². The van der Waals surface area contributed by atoms with Crippen LogP contribution in [0, 0.1) is 17.7 Å². The molecule has 3 nitrogen and oxygen atoms in total. The minimum atomic E-state index is -0.510. The van der Waals surface area contributed by atoms with E-state index in [1.807, 2.05) is 0 Å². The number of rotatable bonds is 3. The molecule has 1 aromatic rings. The second kappa shape index (κ2) is 5.65. The first-order chi connectivity index (χ1) is 8.70. The Morgan fingerprint density at radius 1 is 1.50 bits per heavy atom. The van der Waals surface area contributed by atoms with Crippen LogP contribution in [0.15, 0.2) is 18.2 Å². The Morgan fingerprint density at radius 3 is 2.89 bits per heavy atom. The molecule has 0 bridgehead atoms. The number of hydrogen-bond acceptors (Lipinski definition) is 2. The van der Waals surface area contributed by atoms with Crippen LogP contribution in [0.2, 0.25) is 0 Å². The highest BCUT2D eigenvalue weighted by Crippen LogP contribution is 2.19. The van der Waals surface area contributed by atoms with Gasteiger partial charge in [0, 0.05) is 18.0 Å². The van der Waals surface area contributed by atoms with Crippen LogP contribution >= 0.6 is 0 Å². The van der Waals surface area contributed by atoms with Crippen LogP contribution in [-0.2, 0) is 0 Å². The molecule has 94 valence electrons. The van der Waals surface area contributed by atoms with E-state index in [9.17, 15) is 9.18 Å². The molecule has 0 radical (unpaired) electrons. The monoisotopic (exact) mass is 247 g/mol. The second-order valence-corrected chi connectivity index (χ2v) is 4.22. The number of halogens is 1. The Labute approximate surface area is 105 Å². The summed E-state index contributed by atoms with van der Waals surface area (Å²) >= 11 is 0. The van der Waals surface area contributed by atoms with Gasteiger partial charge in [-0.2, -0.15) is 0 Å². The summed E-state index contributed by atoms with van der Waals surface area (Å²) in [5.41, 5.74) is 0.554. The quantitative estimate of drug-likeness (QED) is 0.794. The minimum Gasteiger partial charge on any atom is -0.395 e. The number of carbonyl (C=O) groups excluding carboxylic acids is 1. The summed E-state index contributed by atoms with van der Waals surface area (Å²) in [6.45, 7) is -0.0451. The molecule has 0 spiro atoms. The molecule has 1 amide bonds. The van der Waals surface area contributed by atoms with Gasteiger partial charge in [0.25, 0.3) is 5.91 Å². The standard InChI is InChI=1S/C14H14FNO2/c15-13-9-11(14(18)16-12-6-7-12)5-4-10(13)3-1-2-8-17/h4-5,9,12,17H,2,6-8H2,(H,16,18). The van der Waals surface area contributed by atoms with Crippen molar-refractivity contribution < 1.29 is 14.3 Å². The van der Waals surface area contributed by atoms with E-state index in [0.29, 0.717) is 12.0 Å². The first-order valence-electron chi connectivity index (χ1n) is 5.91. The summed E-state index contributed by atoms with van der Waals surface area (Å²) in [6, 6.07) is 4.50. The average molecular weight is 247 g/mol. The molecule has 0 atom stereocenters. The molecular formula is C14H14FNO2. The lowest BCUT2D eigenvalue weighted by atomic mass is 10.1. The fourth-order valence-corrected chi connectivity index (χ4v) is 1.47. The van der Waals surface area contributed by atoms with Crippen LogP contribution < -0.4 is 5.32 Å². The van der Waals surface area contributed by atoms with Gasteiger partial charge in [0.1, 0.15) is 5.82 Å². The van der Waals surface area contributed by atoms with E-state index in [-0.39, 0.29) is 24.1 Å². The highest BCUT2D eigenvalue weighted by atomic mass is 19.1. The van der Waals surface area contributed by atoms with Gasteiger partial charge in [-0.1, -0.05) is 11.8 Å². The molecule has 1 aliphatic carbocycles. The third kappa shape index (κ3) is 3.31. The lowest BCUT2D eigenvalue weighted by molar-refractivity contribution is 0.0950. The van der Waals surface area contributed by atoms with Gasteiger partial charge in [-0.3, -0.25) is 4.79 Å². The first kappa shape index (κ1) is 12.6. The fraction of sp³-hybridized carbons (Fsp3) is 0.357.